The molecule has 4 saturated carbocycles. The number of ketones is 1. The van der Waals surface area contributed by atoms with Crippen molar-refractivity contribution in [2.45, 2.75) is 119 Å². The molecule has 1 aromatic carbocycles. The summed E-state index contributed by atoms with van der Waals surface area (Å²) in [5.41, 5.74) is 1.29. The van der Waals surface area contributed by atoms with Crippen LogP contribution in [0.1, 0.15) is 104 Å². The van der Waals surface area contributed by atoms with Gasteiger partial charge >= 0.3 is 0 Å². The summed E-state index contributed by atoms with van der Waals surface area (Å²) in [6.07, 6.45) is 7.96. The minimum Gasteiger partial charge on any atom is -0.388 e. The normalized spacial score (nSPS) is 45.7. The summed E-state index contributed by atoms with van der Waals surface area (Å²) in [7, 11) is 0. The lowest BCUT2D eigenvalue weighted by Crippen LogP contribution is -2.71. The van der Waals surface area contributed by atoms with Gasteiger partial charge in [-0.25, -0.2) is 9.78 Å². The van der Waals surface area contributed by atoms with E-state index in [2.05, 4.69) is 57.7 Å². The van der Waals surface area contributed by atoms with Gasteiger partial charge in [0.1, 0.15) is 11.4 Å². The van der Waals surface area contributed by atoms with Crippen molar-refractivity contribution < 1.29 is 19.7 Å². The van der Waals surface area contributed by atoms with Crippen LogP contribution in [0.25, 0.3) is 0 Å². The van der Waals surface area contributed by atoms with Crippen LogP contribution >= 0.6 is 11.8 Å². The van der Waals surface area contributed by atoms with Crippen LogP contribution in [-0.4, -0.2) is 46.5 Å². The third-order valence-electron chi connectivity index (χ3n) is 12.3. The number of hydrogen-bond acceptors (Lipinski definition) is 6. The second kappa shape index (κ2) is 8.72. The zero-order valence-electron chi connectivity index (χ0n) is 24.6. The van der Waals surface area contributed by atoms with Crippen molar-refractivity contribution in [3.8, 4) is 0 Å². The Morgan fingerprint density at radius 1 is 1.08 bits per heavy atom. The fourth-order valence-electron chi connectivity index (χ4n) is 10.7. The standard InChI is InChI=1S/C33H47NO4S/c1-6-34(7-2)21-8-9-22-24-17-30(5)25(10-11-27(30)35)23-12-13-32(36)19-31(18-29(3,4)20-37-38-31)14-15-33(32,28(23)24)39-26(22)16-21/h8-9,16,23-25,28,36H,6-7,10-15,17-20H2,1-5H3/t23-,24+,25-,28+,30-,31?,32+,33-/m0/s1. The molecular weight excluding hydrogens is 506 g/mol. The molecule has 2 heterocycles. The van der Waals surface area contributed by atoms with E-state index in [4.69, 9.17) is 9.78 Å². The largest absolute Gasteiger partial charge is 0.388 e. The Morgan fingerprint density at radius 2 is 1.87 bits per heavy atom. The molecule has 1 saturated heterocycles. The molecule has 6 aliphatic rings. The molecule has 6 heteroatoms. The molecule has 4 aliphatic carbocycles. The van der Waals surface area contributed by atoms with E-state index < -0.39 is 11.2 Å². The van der Waals surface area contributed by atoms with Gasteiger partial charge in [-0.1, -0.05) is 26.8 Å². The average Bonchev–Trinajstić information content (AvgIpc) is 3.18. The van der Waals surface area contributed by atoms with E-state index >= 15 is 0 Å². The number of carbonyl (C=O) groups excluding carboxylic acids is 1. The van der Waals surface area contributed by atoms with E-state index in [1.165, 1.54) is 16.1 Å². The van der Waals surface area contributed by atoms with Crippen LogP contribution in [0.5, 0.6) is 0 Å². The number of thioether (sulfide) groups is 1. The number of aliphatic hydroxyl groups is 1. The molecule has 7 rings (SSSR count). The maximum absolute atomic E-state index is 13.4. The third-order valence-corrected chi connectivity index (χ3v) is 14.1. The van der Waals surface area contributed by atoms with Crippen LogP contribution in [0, 0.1) is 28.6 Å². The van der Waals surface area contributed by atoms with Crippen LogP contribution < -0.4 is 4.90 Å². The van der Waals surface area contributed by atoms with E-state index in [0.29, 0.717) is 42.5 Å². The lowest BCUT2D eigenvalue weighted by molar-refractivity contribution is -0.419. The van der Waals surface area contributed by atoms with Crippen molar-refractivity contribution in [2.24, 2.45) is 28.6 Å². The molecule has 1 N–H and O–H groups in total. The molecule has 2 aliphatic heterocycles. The highest BCUT2D eigenvalue weighted by atomic mass is 32.2. The summed E-state index contributed by atoms with van der Waals surface area (Å²) in [6.45, 7) is 13.8. The van der Waals surface area contributed by atoms with Gasteiger partial charge in [-0.05, 0) is 106 Å². The molecule has 2 spiro atoms. The number of anilines is 1. The molecule has 1 aromatic rings. The summed E-state index contributed by atoms with van der Waals surface area (Å²) in [4.78, 5) is 29.1. The zero-order chi connectivity index (χ0) is 27.4. The van der Waals surface area contributed by atoms with Crippen molar-refractivity contribution in [1.82, 2.24) is 0 Å². The number of nitrogens with zero attached hydrogens (tertiary/aromatic N) is 1. The number of Topliss-reactive ketones (excluding diaryl/α,β-unsaturated/α-hetero) is 1. The Labute approximate surface area is 238 Å². The number of carbonyl (C=O) groups is 1. The molecule has 5 fully saturated rings. The summed E-state index contributed by atoms with van der Waals surface area (Å²) < 4.78 is -0.251. The lowest BCUT2D eigenvalue weighted by Gasteiger charge is -2.69. The van der Waals surface area contributed by atoms with Crippen LogP contribution in [0.15, 0.2) is 23.1 Å². The Bertz CT molecular complexity index is 1180. The molecule has 0 aromatic heterocycles. The van der Waals surface area contributed by atoms with Gasteiger partial charge in [0.15, 0.2) is 0 Å². The van der Waals surface area contributed by atoms with Gasteiger partial charge in [0.05, 0.1) is 17.0 Å². The Balaban J connectivity index is 1.36. The van der Waals surface area contributed by atoms with Gasteiger partial charge in [-0.2, -0.15) is 0 Å². The molecule has 0 bridgehead atoms. The van der Waals surface area contributed by atoms with E-state index in [1.807, 2.05) is 11.8 Å². The third kappa shape index (κ3) is 3.66. The molecule has 39 heavy (non-hydrogen) atoms. The summed E-state index contributed by atoms with van der Waals surface area (Å²) in [5.74, 6) is 2.15. The molecular formula is C33H47NO4S. The highest BCUT2D eigenvalue weighted by molar-refractivity contribution is 8.01. The van der Waals surface area contributed by atoms with E-state index in [0.717, 1.165) is 64.5 Å². The van der Waals surface area contributed by atoms with Gasteiger partial charge < -0.3 is 10.0 Å². The Kier molecular flexibility index (Phi) is 5.99. The van der Waals surface area contributed by atoms with E-state index in [1.54, 1.807) is 0 Å². The van der Waals surface area contributed by atoms with Crippen molar-refractivity contribution >= 4 is 23.2 Å². The summed E-state index contributed by atoms with van der Waals surface area (Å²) >= 11 is 2.00. The topological polar surface area (TPSA) is 59.0 Å². The maximum Gasteiger partial charge on any atom is 0.139 e. The Morgan fingerprint density at radius 3 is 2.62 bits per heavy atom. The van der Waals surface area contributed by atoms with E-state index in [9.17, 15) is 9.90 Å². The monoisotopic (exact) mass is 553 g/mol. The molecule has 0 radical (unpaired) electrons. The first-order chi connectivity index (χ1) is 18.5. The first-order valence-electron chi connectivity index (χ1n) is 15.6. The smallest absolute Gasteiger partial charge is 0.139 e. The van der Waals surface area contributed by atoms with Crippen LogP contribution in [0.3, 0.4) is 0 Å². The molecule has 0 amide bonds. The van der Waals surface area contributed by atoms with Crippen molar-refractivity contribution in [1.29, 1.82) is 0 Å². The van der Waals surface area contributed by atoms with Crippen LogP contribution in [0.2, 0.25) is 0 Å². The highest BCUT2D eigenvalue weighted by Gasteiger charge is 2.72. The average molecular weight is 554 g/mol. The second-order valence-electron chi connectivity index (χ2n) is 15.0. The minimum atomic E-state index is -0.814. The lowest BCUT2D eigenvalue weighted by atomic mass is 9.44. The summed E-state index contributed by atoms with van der Waals surface area (Å²) in [6, 6.07) is 7.09. The highest BCUT2D eigenvalue weighted by Crippen LogP contribution is 2.74. The molecule has 1 unspecified atom stereocenters. The predicted octanol–water partition coefficient (Wildman–Crippen LogP) is 6.91. The second-order valence-corrected chi connectivity index (χ2v) is 16.4. The maximum atomic E-state index is 13.4. The first-order valence-corrected chi connectivity index (χ1v) is 16.4. The molecule has 8 atom stereocenters. The quantitative estimate of drug-likeness (QED) is 0.411. The van der Waals surface area contributed by atoms with Crippen molar-refractivity contribution in [3.05, 3.63) is 23.8 Å². The molecule has 214 valence electrons. The summed E-state index contributed by atoms with van der Waals surface area (Å²) in [5, 5.41) is 12.9. The van der Waals surface area contributed by atoms with E-state index in [-0.39, 0.29) is 15.6 Å². The zero-order valence-corrected chi connectivity index (χ0v) is 25.4. The van der Waals surface area contributed by atoms with Gasteiger partial charge in [0.25, 0.3) is 0 Å². The SMILES string of the molecule is CCN(CC)c1ccc2c(c1)S[C@]13CCC4(CC(C)(C)COO4)C[C@]1(O)CC[C@@H]1[C@@H]3[C@@H]2C[C@]2(C)C(=O)CC[C@@H]12. The number of hydrogen-bond donors (Lipinski definition) is 1. The Hall–Kier alpha value is -1.08. The fourth-order valence-corrected chi connectivity index (χ4v) is 12.7. The minimum absolute atomic E-state index is 0.0423. The van der Waals surface area contributed by atoms with Crippen molar-refractivity contribution in [3.63, 3.8) is 0 Å². The molecule has 5 nitrogen and oxygen atoms in total. The fraction of sp³-hybridized carbons (Fsp3) is 0.788. The van der Waals surface area contributed by atoms with Crippen LogP contribution in [0.4, 0.5) is 5.69 Å². The number of benzene rings is 1. The van der Waals surface area contributed by atoms with Gasteiger partial charge in [0, 0.05) is 41.9 Å². The van der Waals surface area contributed by atoms with Gasteiger partial charge in [-0.15, -0.1) is 11.8 Å². The van der Waals surface area contributed by atoms with Crippen molar-refractivity contribution in [2.75, 3.05) is 24.6 Å². The predicted molar refractivity (Wildman–Crippen MR) is 155 cm³/mol. The number of fused-ring (bicyclic) bond motifs is 4. The van der Waals surface area contributed by atoms with Gasteiger partial charge in [0.2, 0.25) is 0 Å². The number of rotatable bonds is 3. The van der Waals surface area contributed by atoms with Crippen LogP contribution in [-0.2, 0) is 14.6 Å². The first kappa shape index (κ1) is 26.8. The van der Waals surface area contributed by atoms with Gasteiger partial charge in [-0.3, -0.25) is 4.79 Å².